The van der Waals surface area contributed by atoms with E-state index in [0.29, 0.717) is 6.54 Å². The fraction of sp³-hybridized carbons (Fsp3) is 0.538. The van der Waals surface area contributed by atoms with Gasteiger partial charge in [0.1, 0.15) is 0 Å². The number of benzene rings is 1. The molecule has 0 amide bonds. The lowest BCUT2D eigenvalue weighted by Crippen LogP contribution is -2.18. The highest BCUT2D eigenvalue weighted by Gasteiger charge is 2.11. The number of aliphatic hydroxyl groups excluding tert-OH is 1. The molecule has 0 unspecified atom stereocenters. The highest BCUT2D eigenvalue weighted by Crippen LogP contribution is 2.20. The van der Waals surface area contributed by atoms with E-state index in [1.165, 1.54) is 37.2 Å². The first-order valence-electron chi connectivity index (χ1n) is 6.05. The summed E-state index contributed by atoms with van der Waals surface area (Å²) < 4.78 is 0. The second-order valence-corrected chi connectivity index (χ2v) is 4.26. The summed E-state index contributed by atoms with van der Waals surface area (Å²) in [6.45, 7) is 4.09. The van der Waals surface area contributed by atoms with Crippen LogP contribution in [0.4, 0.5) is 5.69 Å². The van der Waals surface area contributed by atoms with Crippen molar-refractivity contribution in [1.82, 2.24) is 5.32 Å². The second kappa shape index (κ2) is 5.87. The zero-order valence-corrected chi connectivity index (χ0v) is 9.65. The van der Waals surface area contributed by atoms with Gasteiger partial charge in [-0.3, -0.25) is 0 Å². The van der Waals surface area contributed by atoms with Crippen LogP contribution in [0.15, 0.2) is 24.3 Å². The van der Waals surface area contributed by atoms with Crippen LogP contribution < -0.4 is 10.2 Å². The minimum atomic E-state index is 0.200. The number of hydrogen-bond donors (Lipinski definition) is 2. The number of rotatable bonds is 5. The van der Waals surface area contributed by atoms with E-state index in [1.54, 1.807) is 0 Å². The molecule has 0 saturated carbocycles. The summed E-state index contributed by atoms with van der Waals surface area (Å²) in [6.07, 6.45) is 2.64. The van der Waals surface area contributed by atoms with Crippen molar-refractivity contribution in [3.05, 3.63) is 29.8 Å². The predicted octanol–water partition coefficient (Wildman–Crippen LogP) is 1.37. The number of anilines is 1. The quantitative estimate of drug-likeness (QED) is 0.736. The van der Waals surface area contributed by atoms with Crippen LogP contribution in [0.25, 0.3) is 0 Å². The Morgan fingerprint density at radius 3 is 2.44 bits per heavy atom. The van der Waals surface area contributed by atoms with Gasteiger partial charge >= 0.3 is 0 Å². The summed E-state index contributed by atoms with van der Waals surface area (Å²) in [5, 5.41) is 11.8. The number of nitrogens with zero attached hydrogens (tertiary/aromatic N) is 1. The molecule has 16 heavy (non-hydrogen) atoms. The smallest absolute Gasteiger partial charge is 0.0556 e. The Balaban J connectivity index is 1.88. The average Bonchev–Trinajstić information content (AvgIpc) is 2.84. The van der Waals surface area contributed by atoms with E-state index in [2.05, 4.69) is 34.5 Å². The van der Waals surface area contributed by atoms with E-state index in [0.717, 1.165) is 6.54 Å². The standard InChI is InChI=1S/C13H20N2O/c16-10-7-14-11-12-3-5-13(6-4-12)15-8-1-2-9-15/h3-6,14,16H,1-2,7-11H2. The minimum Gasteiger partial charge on any atom is -0.395 e. The van der Waals surface area contributed by atoms with Crippen molar-refractivity contribution in [3.63, 3.8) is 0 Å². The Labute approximate surface area is 97.1 Å². The van der Waals surface area contributed by atoms with Crippen LogP contribution in [0.2, 0.25) is 0 Å². The summed E-state index contributed by atoms with van der Waals surface area (Å²) in [6, 6.07) is 8.72. The molecule has 1 aliphatic rings. The van der Waals surface area contributed by atoms with Crippen LogP contribution in [-0.4, -0.2) is 31.3 Å². The Kier molecular flexibility index (Phi) is 4.19. The van der Waals surface area contributed by atoms with Crippen molar-refractivity contribution in [3.8, 4) is 0 Å². The third-order valence-corrected chi connectivity index (χ3v) is 3.03. The molecule has 0 atom stereocenters. The Bertz CT molecular complexity index is 304. The number of nitrogens with one attached hydrogen (secondary N) is 1. The Hall–Kier alpha value is -1.06. The molecule has 0 aromatic heterocycles. The first-order valence-corrected chi connectivity index (χ1v) is 6.05. The van der Waals surface area contributed by atoms with Crippen LogP contribution in [0.3, 0.4) is 0 Å². The van der Waals surface area contributed by atoms with Crippen molar-refractivity contribution in [2.75, 3.05) is 31.1 Å². The van der Waals surface area contributed by atoms with Crippen molar-refractivity contribution in [2.45, 2.75) is 19.4 Å². The highest BCUT2D eigenvalue weighted by molar-refractivity contribution is 5.48. The second-order valence-electron chi connectivity index (χ2n) is 4.26. The van der Waals surface area contributed by atoms with Gasteiger partial charge in [0.15, 0.2) is 0 Å². The molecule has 2 N–H and O–H groups in total. The van der Waals surface area contributed by atoms with Gasteiger partial charge in [0, 0.05) is 31.9 Å². The normalized spacial score (nSPS) is 15.7. The highest BCUT2D eigenvalue weighted by atomic mass is 16.3. The van der Waals surface area contributed by atoms with Crippen molar-refractivity contribution < 1.29 is 5.11 Å². The number of hydrogen-bond acceptors (Lipinski definition) is 3. The first-order chi connectivity index (χ1) is 7.90. The zero-order chi connectivity index (χ0) is 11.2. The molecule has 3 nitrogen and oxygen atoms in total. The maximum atomic E-state index is 8.66. The van der Waals surface area contributed by atoms with Gasteiger partial charge in [0.2, 0.25) is 0 Å². The van der Waals surface area contributed by atoms with Gasteiger partial charge in [0.25, 0.3) is 0 Å². The summed E-state index contributed by atoms with van der Waals surface area (Å²) in [4.78, 5) is 2.44. The molecule has 0 radical (unpaired) electrons. The molecular formula is C13H20N2O. The van der Waals surface area contributed by atoms with Gasteiger partial charge in [-0.05, 0) is 30.5 Å². The van der Waals surface area contributed by atoms with Crippen LogP contribution in [0, 0.1) is 0 Å². The summed E-state index contributed by atoms with van der Waals surface area (Å²) in [5.41, 5.74) is 2.61. The third-order valence-electron chi connectivity index (χ3n) is 3.03. The van der Waals surface area contributed by atoms with Crippen molar-refractivity contribution in [2.24, 2.45) is 0 Å². The number of aliphatic hydroxyl groups is 1. The van der Waals surface area contributed by atoms with E-state index < -0.39 is 0 Å². The molecule has 3 heteroatoms. The fourth-order valence-corrected chi connectivity index (χ4v) is 2.11. The van der Waals surface area contributed by atoms with Crippen LogP contribution in [0.1, 0.15) is 18.4 Å². The van der Waals surface area contributed by atoms with E-state index in [-0.39, 0.29) is 6.61 Å². The van der Waals surface area contributed by atoms with Gasteiger partial charge in [-0.2, -0.15) is 0 Å². The lowest BCUT2D eigenvalue weighted by atomic mass is 10.2. The lowest BCUT2D eigenvalue weighted by molar-refractivity contribution is 0.292. The van der Waals surface area contributed by atoms with Crippen LogP contribution >= 0.6 is 0 Å². The molecule has 1 aromatic rings. The van der Waals surface area contributed by atoms with Gasteiger partial charge in [-0.1, -0.05) is 12.1 Å². The van der Waals surface area contributed by atoms with E-state index in [4.69, 9.17) is 5.11 Å². The van der Waals surface area contributed by atoms with Crippen LogP contribution in [-0.2, 0) is 6.54 Å². The molecular weight excluding hydrogens is 200 g/mol. The SMILES string of the molecule is OCCNCc1ccc(N2CCCC2)cc1. The lowest BCUT2D eigenvalue weighted by Gasteiger charge is -2.17. The molecule has 0 bridgehead atoms. The molecule has 1 aliphatic heterocycles. The monoisotopic (exact) mass is 220 g/mol. The third kappa shape index (κ3) is 2.97. The fourth-order valence-electron chi connectivity index (χ4n) is 2.11. The molecule has 1 saturated heterocycles. The van der Waals surface area contributed by atoms with Gasteiger partial charge in [-0.15, -0.1) is 0 Å². The van der Waals surface area contributed by atoms with Gasteiger partial charge < -0.3 is 15.3 Å². The zero-order valence-electron chi connectivity index (χ0n) is 9.65. The maximum Gasteiger partial charge on any atom is 0.0556 e. The largest absolute Gasteiger partial charge is 0.395 e. The Morgan fingerprint density at radius 1 is 1.12 bits per heavy atom. The molecule has 1 heterocycles. The first kappa shape index (κ1) is 11.4. The summed E-state index contributed by atoms with van der Waals surface area (Å²) in [7, 11) is 0. The topological polar surface area (TPSA) is 35.5 Å². The van der Waals surface area contributed by atoms with Gasteiger partial charge in [0.05, 0.1) is 6.61 Å². The molecule has 1 fully saturated rings. The van der Waals surface area contributed by atoms with E-state index >= 15 is 0 Å². The predicted molar refractivity (Wildman–Crippen MR) is 66.7 cm³/mol. The summed E-state index contributed by atoms with van der Waals surface area (Å²) in [5.74, 6) is 0. The molecule has 0 spiro atoms. The molecule has 1 aromatic carbocycles. The summed E-state index contributed by atoms with van der Waals surface area (Å²) >= 11 is 0. The molecule has 0 aliphatic carbocycles. The van der Waals surface area contributed by atoms with Crippen molar-refractivity contribution in [1.29, 1.82) is 0 Å². The Morgan fingerprint density at radius 2 is 1.81 bits per heavy atom. The molecule has 88 valence electrons. The van der Waals surface area contributed by atoms with Crippen molar-refractivity contribution >= 4 is 5.69 Å². The van der Waals surface area contributed by atoms with E-state index in [9.17, 15) is 0 Å². The van der Waals surface area contributed by atoms with Crippen LogP contribution in [0.5, 0.6) is 0 Å². The van der Waals surface area contributed by atoms with Gasteiger partial charge in [-0.25, -0.2) is 0 Å². The van der Waals surface area contributed by atoms with E-state index in [1.807, 2.05) is 0 Å². The maximum absolute atomic E-state index is 8.66. The average molecular weight is 220 g/mol. The molecule has 2 rings (SSSR count). The minimum absolute atomic E-state index is 0.200.